The van der Waals surface area contributed by atoms with Crippen molar-refractivity contribution < 1.29 is 5.21 Å². The lowest BCUT2D eigenvalue weighted by Gasteiger charge is -1.94. The lowest BCUT2D eigenvalue weighted by molar-refractivity contribution is 0.165. The monoisotopic (exact) mass is 118 g/mol. The van der Waals surface area contributed by atoms with Crippen LogP contribution in [0.3, 0.4) is 0 Å². The fourth-order valence-electron chi connectivity index (χ4n) is 0.525. The van der Waals surface area contributed by atoms with Gasteiger partial charge in [-0.3, -0.25) is 0 Å². The maximum Gasteiger partial charge on any atom is 0.0207 e. The zero-order chi connectivity index (χ0) is 6.24. The minimum Gasteiger partial charge on any atom is -0.330 e. The third-order valence-corrected chi connectivity index (χ3v) is 0.993. The van der Waals surface area contributed by atoms with Crippen molar-refractivity contribution in [1.82, 2.24) is 5.48 Å². The molecule has 0 unspecified atom stereocenters. The van der Waals surface area contributed by atoms with Crippen LogP contribution < -0.4 is 11.2 Å². The van der Waals surface area contributed by atoms with Gasteiger partial charge in [0.1, 0.15) is 0 Å². The molecule has 0 rings (SSSR count). The van der Waals surface area contributed by atoms with Crippen LogP contribution in [0.5, 0.6) is 0 Å². The average Bonchev–Trinajstić information content (AvgIpc) is 1.81. The fraction of sp³-hybridized carbons (Fsp3) is 1.00. The van der Waals surface area contributed by atoms with Gasteiger partial charge in [-0.25, -0.2) is 5.48 Å². The standard InChI is InChI=1S/C5H14N2O/c6-4-2-1-3-5-7-8/h7-8H,1-6H2. The van der Waals surface area contributed by atoms with Gasteiger partial charge in [-0.2, -0.15) is 0 Å². The minimum absolute atomic E-state index is 0.681. The molecule has 50 valence electrons. The van der Waals surface area contributed by atoms with E-state index in [-0.39, 0.29) is 0 Å². The maximum atomic E-state index is 8.08. The summed E-state index contributed by atoms with van der Waals surface area (Å²) in [5.41, 5.74) is 7.31. The van der Waals surface area contributed by atoms with Gasteiger partial charge in [-0.05, 0) is 19.4 Å². The summed E-state index contributed by atoms with van der Waals surface area (Å²) in [7, 11) is 0. The molecular formula is C5H14N2O. The molecule has 4 N–H and O–H groups in total. The summed E-state index contributed by atoms with van der Waals surface area (Å²) >= 11 is 0. The van der Waals surface area contributed by atoms with Crippen LogP contribution in [0.25, 0.3) is 0 Å². The molecule has 3 nitrogen and oxygen atoms in total. The summed E-state index contributed by atoms with van der Waals surface area (Å²) in [5, 5.41) is 8.08. The van der Waals surface area contributed by atoms with Gasteiger partial charge < -0.3 is 10.9 Å². The first-order valence-electron chi connectivity index (χ1n) is 2.99. The number of nitrogens with two attached hydrogens (primary N) is 1. The second-order valence-electron chi connectivity index (χ2n) is 1.76. The van der Waals surface area contributed by atoms with Gasteiger partial charge in [0.2, 0.25) is 0 Å². The van der Waals surface area contributed by atoms with Gasteiger partial charge in [0.05, 0.1) is 0 Å². The topological polar surface area (TPSA) is 58.3 Å². The molecule has 0 aliphatic rings. The largest absolute Gasteiger partial charge is 0.330 e. The summed E-state index contributed by atoms with van der Waals surface area (Å²) in [4.78, 5) is 0. The predicted molar refractivity (Wildman–Crippen MR) is 32.7 cm³/mol. The van der Waals surface area contributed by atoms with Crippen molar-refractivity contribution >= 4 is 0 Å². The smallest absolute Gasteiger partial charge is 0.0207 e. The number of nitrogens with one attached hydrogen (secondary N) is 1. The minimum atomic E-state index is 0.681. The van der Waals surface area contributed by atoms with Gasteiger partial charge >= 0.3 is 0 Å². The molecular weight excluding hydrogens is 104 g/mol. The number of hydroxylamine groups is 1. The Morgan fingerprint density at radius 1 is 1.25 bits per heavy atom. The summed E-state index contributed by atoms with van der Waals surface area (Å²) in [6.07, 6.45) is 3.17. The Morgan fingerprint density at radius 3 is 2.50 bits per heavy atom. The molecule has 0 heterocycles. The first kappa shape index (κ1) is 7.88. The number of hydrogen-bond acceptors (Lipinski definition) is 3. The van der Waals surface area contributed by atoms with Crippen molar-refractivity contribution in [3.63, 3.8) is 0 Å². The highest BCUT2D eigenvalue weighted by Gasteiger charge is 1.83. The van der Waals surface area contributed by atoms with E-state index in [1.54, 1.807) is 0 Å². The maximum absolute atomic E-state index is 8.08. The molecule has 0 aromatic heterocycles. The number of hydrogen-bond donors (Lipinski definition) is 3. The van der Waals surface area contributed by atoms with Crippen molar-refractivity contribution in [3.8, 4) is 0 Å². The van der Waals surface area contributed by atoms with Gasteiger partial charge in [0, 0.05) is 6.54 Å². The second kappa shape index (κ2) is 6.88. The van der Waals surface area contributed by atoms with Crippen LogP contribution >= 0.6 is 0 Å². The van der Waals surface area contributed by atoms with Gasteiger partial charge in [0.15, 0.2) is 0 Å². The van der Waals surface area contributed by atoms with Crippen LogP contribution in [0.4, 0.5) is 0 Å². The zero-order valence-electron chi connectivity index (χ0n) is 5.06. The Kier molecular flexibility index (Phi) is 6.78. The Labute approximate surface area is 49.8 Å². The molecule has 0 spiro atoms. The molecule has 3 heteroatoms. The van der Waals surface area contributed by atoms with E-state index in [1.165, 1.54) is 0 Å². The average molecular weight is 118 g/mol. The van der Waals surface area contributed by atoms with Crippen LogP contribution in [0.1, 0.15) is 19.3 Å². The van der Waals surface area contributed by atoms with E-state index in [2.05, 4.69) is 5.48 Å². The van der Waals surface area contributed by atoms with E-state index in [4.69, 9.17) is 10.9 Å². The Bertz CT molecular complexity index is 35.4. The predicted octanol–water partition coefficient (Wildman–Crippen LogP) is 0.0942. The molecule has 0 atom stereocenters. The Balaban J connectivity index is 2.53. The zero-order valence-corrected chi connectivity index (χ0v) is 5.06. The van der Waals surface area contributed by atoms with Gasteiger partial charge in [0.25, 0.3) is 0 Å². The van der Waals surface area contributed by atoms with Crippen LogP contribution in [0, 0.1) is 0 Å². The van der Waals surface area contributed by atoms with Crippen LogP contribution in [-0.2, 0) is 0 Å². The van der Waals surface area contributed by atoms with Gasteiger partial charge in [-0.15, -0.1) is 0 Å². The first-order chi connectivity index (χ1) is 3.91. The fourth-order valence-corrected chi connectivity index (χ4v) is 0.525. The molecule has 8 heavy (non-hydrogen) atoms. The van der Waals surface area contributed by atoms with E-state index in [9.17, 15) is 0 Å². The highest BCUT2D eigenvalue weighted by molar-refractivity contribution is 4.41. The lowest BCUT2D eigenvalue weighted by atomic mass is 10.2. The molecule has 0 aliphatic carbocycles. The molecule has 0 aromatic rings. The Morgan fingerprint density at radius 2 is 2.00 bits per heavy atom. The van der Waals surface area contributed by atoms with Crippen LogP contribution in [0.2, 0.25) is 0 Å². The van der Waals surface area contributed by atoms with Gasteiger partial charge in [-0.1, -0.05) is 6.42 Å². The number of unbranched alkanes of at least 4 members (excludes halogenated alkanes) is 2. The Hall–Kier alpha value is -0.120. The normalized spacial score (nSPS) is 9.75. The second-order valence-corrected chi connectivity index (χ2v) is 1.76. The van der Waals surface area contributed by atoms with Crippen LogP contribution in [-0.4, -0.2) is 18.3 Å². The van der Waals surface area contributed by atoms with E-state index in [0.29, 0.717) is 6.54 Å². The third kappa shape index (κ3) is 5.88. The summed E-state index contributed by atoms with van der Waals surface area (Å²) in [6.45, 7) is 1.44. The van der Waals surface area contributed by atoms with E-state index in [1.807, 2.05) is 0 Å². The molecule has 0 radical (unpaired) electrons. The van der Waals surface area contributed by atoms with Crippen molar-refractivity contribution in [1.29, 1.82) is 0 Å². The summed E-state index contributed by atoms with van der Waals surface area (Å²) in [6, 6.07) is 0. The highest BCUT2D eigenvalue weighted by Crippen LogP contribution is 1.89. The van der Waals surface area contributed by atoms with Crippen LogP contribution in [0.15, 0.2) is 0 Å². The van der Waals surface area contributed by atoms with E-state index in [0.717, 1.165) is 25.8 Å². The van der Waals surface area contributed by atoms with Crippen molar-refractivity contribution in [2.45, 2.75) is 19.3 Å². The molecule has 0 amide bonds. The van der Waals surface area contributed by atoms with Crippen molar-refractivity contribution in [3.05, 3.63) is 0 Å². The third-order valence-electron chi connectivity index (χ3n) is 0.993. The number of rotatable bonds is 5. The van der Waals surface area contributed by atoms with Crippen molar-refractivity contribution in [2.24, 2.45) is 5.73 Å². The molecule has 0 aromatic carbocycles. The molecule has 0 fully saturated rings. The summed E-state index contributed by atoms with van der Waals surface area (Å²) < 4.78 is 0. The van der Waals surface area contributed by atoms with E-state index >= 15 is 0 Å². The lowest BCUT2D eigenvalue weighted by Crippen LogP contribution is -2.09. The molecule has 0 aliphatic heterocycles. The SMILES string of the molecule is NCCCCCNO. The first-order valence-corrected chi connectivity index (χ1v) is 2.99. The molecule has 0 saturated carbocycles. The quantitative estimate of drug-likeness (QED) is 0.354. The highest BCUT2D eigenvalue weighted by atomic mass is 16.5. The molecule has 0 bridgehead atoms. The molecule has 0 saturated heterocycles. The van der Waals surface area contributed by atoms with E-state index < -0.39 is 0 Å². The van der Waals surface area contributed by atoms with Crippen molar-refractivity contribution in [2.75, 3.05) is 13.1 Å². The summed E-state index contributed by atoms with van der Waals surface area (Å²) in [5.74, 6) is 0.